The summed E-state index contributed by atoms with van der Waals surface area (Å²) in [7, 11) is 1.66. The number of hydrogen-bond donors (Lipinski definition) is 0. The lowest BCUT2D eigenvalue weighted by atomic mass is 10.2. The maximum atomic E-state index is 12.6. The molecule has 1 amide bonds. The van der Waals surface area contributed by atoms with E-state index in [4.69, 9.17) is 0 Å². The number of carbonyl (C=O) groups is 1. The molecule has 0 unspecified atom stereocenters. The van der Waals surface area contributed by atoms with Gasteiger partial charge in [-0.3, -0.25) is 14.5 Å². The van der Waals surface area contributed by atoms with Crippen molar-refractivity contribution in [3.63, 3.8) is 0 Å². The van der Waals surface area contributed by atoms with E-state index in [2.05, 4.69) is 10.1 Å². The lowest BCUT2D eigenvalue weighted by Gasteiger charge is -2.17. The Kier molecular flexibility index (Phi) is 5.41. The SMILES string of the molecule is CCc1ccc(CN(C)C(=O)Cn2nc(C(F)F)cc2C)nc1. The highest BCUT2D eigenvalue weighted by Crippen LogP contribution is 2.18. The van der Waals surface area contributed by atoms with E-state index in [1.165, 1.54) is 15.6 Å². The van der Waals surface area contributed by atoms with Gasteiger partial charge in [0.15, 0.2) is 0 Å². The Morgan fingerprint density at radius 1 is 1.39 bits per heavy atom. The van der Waals surface area contributed by atoms with E-state index in [-0.39, 0.29) is 18.1 Å². The van der Waals surface area contributed by atoms with Gasteiger partial charge in [0.1, 0.15) is 12.2 Å². The molecule has 7 heteroatoms. The number of aromatic nitrogens is 3. The van der Waals surface area contributed by atoms with E-state index in [0.717, 1.165) is 17.7 Å². The van der Waals surface area contributed by atoms with E-state index >= 15 is 0 Å². The average Bonchev–Trinajstić information content (AvgIpc) is 2.89. The first-order chi connectivity index (χ1) is 10.9. The summed E-state index contributed by atoms with van der Waals surface area (Å²) in [4.78, 5) is 18.0. The molecule has 0 atom stereocenters. The van der Waals surface area contributed by atoms with Gasteiger partial charge in [0.2, 0.25) is 5.91 Å². The molecule has 5 nitrogen and oxygen atoms in total. The van der Waals surface area contributed by atoms with E-state index in [0.29, 0.717) is 12.2 Å². The van der Waals surface area contributed by atoms with E-state index in [9.17, 15) is 13.6 Å². The number of amides is 1. The Morgan fingerprint density at radius 2 is 2.13 bits per heavy atom. The molecule has 0 aliphatic rings. The van der Waals surface area contributed by atoms with Crippen molar-refractivity contribution < 1.29 is 13.6 Å². The molecule has 2 aromatic heterocycles. The van der Waals surface area contributed by atoms with Crippen LogP contribution in [0.3, 0.4) is 0 Å². The molecule has 0 aliphatic heterocycles. The monoisotopic (exact) mass is 322 g/mol. The molecule has 0 radical (unpaired) electrons. The molecule has 23 heavy (non-hydrogen) atoms. The van der Waals surface area contributed by atoms with Crippen molar-refractivity contribution in [3.8, 4) is 0 Å². The van der Waals surface area contributed by atoms with E-state index in [1.54, 1.807) is 20.2 Å². The first-order valence-corrected chi connectivity index (χ1v) is 7.41. The minimum Gasteiger partial charge on any atom is -0.338 e. The number of hydrogen-bond acceptors (Lipinski definition) is 3. The van der Waals surface area contributed by atoms with Gasteiger partial charge in [-0.15, -0.1) is 0 Å². The van der Waals surface area contributed by atoms with Gasteiger partial charge in [-0.25, -0.2) is 8.78 Å². The summed E-state index contributed by atoms with van der Waals surface area (Å²) in [5.74, 6) is -0.210. The summed E-state index contributed by atoms with van der Waals surface area (Å²) in [6.45, 7) is 4.00. The number of rotatable bonds is 6. The second-order valence-electron chi connectivity index (χ2n) is 5.43. The lowest BCUT2D eigenvalue weighted by molar-refractivity contribution is -0.131. The molecule has 0 N–H and O–H groups in total. The summed E-state index contributed by atoms with van der Waals surface area (Å²) in [6.07, 6.45) is 0.0666. The molecule has 0 bridgehead atoms. The molecule has 2 aromatic rings. The number of nitrogens with zero attached hydrogens (tertiary/aromatic N) is 4. The van der Waals surface area contributed by atoms with Crippen LogP contribution < -0.4 is 0 Å². The third-order valence-electron chi connectivity index (χ3n) is 3.63. The molecule has 2 heterocycles. The first-order valence-electron chi connectivity index (χ1n) is 7.41. The third kappa shape index (κ3) is 4.34. The fraction of sp³-hybridized carbons (Fsp3) is 0.438. The number of likely N-dealkylation sites (N-methyl/N-ethyl adjacent to an activating group) is 1. The molecule has 0 saturated heterocycles. The fourth-order valence-electron chi connectivity index (χ4n) is 2.14. The Bertz CT molecular complexity index is 667. The van der Waals surface area contributed by atoms with E-state index < -0.39 is 6.43 Å². The van der Waals surface area contributed by atoms with Gasteiger partial charge in [0.25, 0.3) is 6.43 Å². The van der Waals surface area contributed by atoms with Crippen molar-refractivity contribution in [1.29, 1.82) is 0 Å². The maximum absolute atomic E-state index is 12.6. The highest BCUT2D eigenvalue weighted by atomic mass is 19.3. The summed E-state index contributed by atoms with van der Waals surface area (Å²) < 4.78 is 26.6. The summed E-state index contributed by atoms with van der Waals surface area (Å²) >= 11 is 0. The normalized spacial score (nSPS) is 11.0. The zero-order chi connectivity index (χ0) is 17.0. The second kappa shape index (κ2) is 7.30. The van der Waals surface area contributed by atoms with Crippen LogP contribution in [-0.2, 0) is 24.3 Å². The molecular formula is C16H20F2N4O. The van der Waals surface area contributed by atoms with E-state index in [1.807, 2.05) is 19.1 Å². The second-order valence-corrected chi connectivity index (χ2v) is 5.43. The number of carbonyl (C=O) groups excluding carboxylic acids is 1. The topological polar surface area (TPSA) is 51.0 Å². The van der Waals surface area contributed by atoms with Crippen LogP contribution in [0.2, 0.25) is 0 Å². The summed E-state index contributed by atoms with van der Waals surface area (Å²) in [6, 6.07) is 5.16. The summed E-state index contributed by atoms with van der Waals surface area (Å²) in [5, 5.41) is 3.76. The number of alkyl halides is 2. The van der Waals surface area contributed by atoms with Crippen molar-refractivity contribution in [2.75, 3.05) is 7.05 Å². The van der Waals surface area contributed by atoms with Gasteiger partial charge in [-0.05, 0) is 31.0 Å². The number of aryl methyl sites for hydroxylation is 2. The Balaban J connectivity index is 1.99. The Labute approximate surface area is 133 Å². The van der Waals surface area contributed by atoms with Gasteiger partial charge in [-0.1, -0.05) is 13.0 Å². The van der Waals surface area contributed by atoms with Crippen molar-refractivity contribution in [2.24, 2.45) is 0 Å². The van der Waals surface area contributed by atoms with Crippen LogP contribution in [0.5, 0.6) is 0 Å². The first kappa shape index (κ1) is 17.1. The smallest absolute Gasteiger partial charge is 0.282 e. The molecule has 2 rings (SSSR count). The van der Waals surface area contributed by atoms with Crippen LogP contribution in [0.1, 0.15) is 36.0 Å². The molecule has 0 saturated carbocycles. The van der Waals surface area contributed by atoms with Gasteiger partial charge >= 0.3 is 0 Å². The zero-order valence-electron chi connectivity index (χ0n) is 13.5. The molecule has 0 aromatic carbocycles. The Hall–Kier alpha value is -2.31. The van der Waals surface area contributed by atoms with Gasteiger partial charge < -0.3 is 4.90 Å². The van der Waals surface area contributed by atoms with Crippen LogP contribution in [0.15, 0.2) is 24.4 Å². The summed E-state index contributed by atoms with van der Waals surface area (Å²) in [5.41, 5.74) is 2.14. The standard InChI is InChI=1S/C16H20F2N4O/c1-4-12-5-6-13(19-8-12)9-21(3)15(23)10-22-11(2)7-14(20-22)16(17)18/h5-8,16H,4,9-10H2,1-3H3. The third-order valence-corrected chi connectivity index (χ3v) is 3.63. The predicted octanol–water partition coefficient (Wildman–Crippen LogP) is 2.75. The molecule has 0 fully saturated rings. The number of halogens is 2. The largest absolute Gasteiger partial charge is 0.338 e. The van der Waals surface area contributed by atoms with Crippen molar-refractivity contribution in [2.45, 2.75) is 39.8 Å². The highest BCUT2D eigenvalue weighted by Gasteiger charge is 2.17. The minimum atomic E-state index is -2.64. The van der Waals surface area contributed by atoms with Crippen LogP contribution in [-0.4, -0.2) is 32.6 Å². The van der Waals surface area contributed by atoms with Crippen molar-refractivity contribution >= 4 is 5.91 Å². The van der Waals surface area contributed by atoms with Crippen LogP contribution in [0, 0.1) is 6.92 Å². The molecular weight excluding hydrogens is 302 g/mol. The number of pyridine rings is 1. The predicted molar refractivity (Wildman–Crippen MR) is 82.0 cm³/mol. The lowest BCUT2D eigenvalue weighted by Crippen LogP contribution is -2.30. The van der Waals surface area contributed by atoms with Crippen molar-refractivity contribution in [3.05, 3.63) is 47.0 Å². The zero-order valence-corrected chi connectivity index (χ0v) is 13.5. The van der Waals surface area contributed by atoms with Gasteiger partial charge in [-0.2, -0.15) is 5.10 Å². The van der Waals surface area contributed by atoms with Gasteiger partial charge in [0, 0.05) is 18.9 Å². The fourth-order valence-corrected chi connectivity index (χ4v) is 2.14. The Morgan fingerprint density at radius 3 is 2.65 bits per heavy atom. The molecule has 0 aliphatic carbocycles. The average molecular weight is 322 g/mol. The quantitative estimate of drug-likeness (QED) is 0.822. The van der Waals surface area contributed by atoms with Gasteiger partial charge in [0.05, 0.1) is 12.2 Å². The maximum Gasteiger partial charge on any atom is 0.282 e. The molecule has 124 valence electrons. The highest BCUT2D eigenvalue weighted by molar-refractivity contribution is 5.75. The van der Waals surface area contributed by atoms with Crippen LogP contribution >= 0.6 is 0 Å². The molecule has 0 spiro atoms. The van der Waals surface area contributed by atoms with Crippen molar-refractivity contribution in [1.82, 2.24) is 19.7 Å². The minimum absolute atomic E-state index is 0.0674. The van der Waals surface area contributed by atoms with Crippen LogP contribution in [0.25, 0.3) is 0 Å². The van der Waals surface area contributed by atoms with Crippen LogP contribution in [0.4, 0.5) is 8.78 Å².